The van der Waals surface area contributed by atoms with Gasteiger partial charge in [0, 0.05) is 19.5 Å². The summed E-state index contributed by atoms with van der Waals surface area (Å²) >= 11 is 0. The van der Waals surface area contributed by atoms with E-state index < -0.39 is 50.4 Å². The highest BCUT2D eigenvalue weighted by atomic mass is 32.2. The first-order valence-corrected chi connectivity index (χ1v) is 13.6. The zero-order valence-corrected chi connectivity index (χ0v) is 21.5. The quantitative estimate of drug-likeness (QED) is 0.433. The van der Waals surface area contributed by atoms with Crippen molar-refractivity contribution >= 4 is 27.4 Å². The zero-order valence-electron chi connectivity index (χ0n) is 20.7. The van der Waals surface area contributed by atoms with Crippen LogP contribution in [0.3, 0.4) is 0 Å². The van der Waals surface area contributed by atoms with E-state index in [4.69, 9.17) is 9.26 Å². The minimum atomic E-state index is -4.20. The molecule has 196 valence electrons. The van der Waals surface area contributed by atoms with E-state index in [0.29, 0.717) is 38.3 Å². The van der Waals surface area contributed by atoms with E-state index in [9.17, 15) is 22.8 Å². The van der Waals surface area contributed by atoms with Gasteiger partial charge in [0.2, 0.25) is 29.3 Å². The molecule has 2 amide bonds. The highest BCUT2D eigenvalue weighted by Gasteiger charge is 2.49. The molecule has 1 saturated heterocycles. The minimum absolute atomic E-state index is 0.160. The topological polar surface area (TPSA) is 149 Å². The number of nitrogens with one attached hydrogen (secondary N) is 1. The van der Waals surface area contributed by atoms with Crippen molar-refractivity contribution in [1.82, 2.24) is 20.4 Å². The summed E-state index contributed by atoms with van der Waals surface area (Å²) in [6, 6.07) is 7.33. The summed E-state index contributed by atoms with van der Waals surface area (Å²) < 4.78 is 35.4. The lowest BCUT2D eigenvalue weighted by atomic mass is 10.0. The summed E-state index contributed by atoms with van der Waals surface area (Å²) in [4.78, 5) is 45.1. The Balaban J connectivity index is 1.89. The second kappa shape index (κ2) is 11.7. The first-order chi connectivity index (χ1) is 17.1. The van der Waals surface area contributed by atoms with Crippen molar-refractivity contribution in [3.63, 3.8) is 0 Å². The molecule has 1 aliphatic heterocycles. The lowest BCUT2D eigenvalue weighted by Crippen LogP contribution is -2.57. The Kier molecular flexibility index (Phi) is 8.96. The highest BCUT2D eigenvalue weighted by molar-refractivity contribution is 7.92. The van der Waals surface area contributed by atoms with Crippen molar-refractivity contribution in [3.05, 3.63) is 47.6 Å². The van der Waals surface area contributed by atoms with Gasteiger partial charge in [0.25, 0.3) is 0 Å². The van der Waals surface area contributed by atoms with Gasteiger partial charge in [-0.1, -0.05) is 49.3 Å². The maximum absolute atomic E-state index is 13.7. The van der Waals surface area contributed by atoms with Gasteiger partial charge in [-0.05, 0) is 18.9 Å². The number of Topliss-reactive ketones (excluding diaryl/α,β-unsaturated/α-hetero) is 1. The average Bonchev–Trinajstić information content (AvgIpc) is 3.37. The van der Waals surface area contributed by atoms with E-state index >= 15 is 0 Å². The molecule has 12 heteroatoms. The number of carbonyl (C=O) groups excluding carboxylic acids is 3. The van der Waals surface area contributed by atoms with Crippen LogP contribution >= 0.6 is 0 Å². The number of sulfone groups is 1. The molecule has 1 aromatic carbocycles. The molecule has 1 N–H and O–H groups in total. The van der Waals surface area contributed by atoms with Gasteiger partial charge >= 0.3 is 0 Å². The molecule has 11 nitrogen and oxygen atoms in total. The number of amides is 2. The molecule has 36 heavy (non-hydrogen) atoms. The summed E-state index contributed by atoms with van der Waals surface area (Å²) in [7, 11) is -4.20. The Labute approximate surface area is 210 Å². The number of aromatic nitrogens is 2. The first-order valence-electron chi connectivity index (χ1n) is 11.9. The SMILES string of the molecule is CCc1nc(C(=O)[C@H](CC)NC(=O)C(C)(CC(=O)N2CCOCC2)S(=O)(=O)Cc2ccccc2)no1. The monoisotopic (exact) mass is 520 g/mol. The molecule has 1 unspecified atom stereocenters. The number of nitrogens with zero attached hydrogens (tertiary/aromatic N) is 3. The van der Waals surface area contributed by atoms with Crippen LogP contribution in [-0.2, 0) is 36.3 Å². The number of ether oxygens (including phenoxy) is 1. The van der Waals surface area contributed by atoms with E-state index in [1.165, 1.54) is 11.8 Å². The van der Waals surface area contributed by atoms with Crippen LogP contribution in [-0.4, -0.2) is 78.1 Å². The van der Waals surface area contributed by atoms with Crippen LogP contribution in [0.15, 0.2) is 34.9 Å². The smallest absolute Gasteiger partial charge is 0.242 e. The number of benzene rings is 1. The molecule has 0 saturated carbocycles. The normalized spacial score (nSPS) is 16.7. The summed E-state index contributed by atoms with van der Waals surface area (Å²) in [6.45, 7) is 5.98. The van der Waals surface area contributed by atoms with Crippen LogP contribution in [0.5, 0.6) is 0 Å². The number of hydrogen-bond donors (Lipinski definition) is 1. The van der Waals surface area contributed by atoms with Crippen LogP contribution in [0, 0.1) is 0 Å². The number of aryl methyl sites for hydroxylation is 1. The summed E-state index contributed by atoms with van der Waals surface area (Å²) in [6.07, 6.45) is 0.0243. The molecule has 3 rings (SSSR count). The predicted octanol–water partition coefficient (Wildman–Crippen LogP) is 1.33. The van der Waals surface area contributed by atoms with Crippen molar-refractivity contribution in [2.24, 2.45) is 0 Å². The van der Waals surface area contributed by atoms with Gasteiger partial charge in [0.1, 0.15) is 0 Å². The van der Waals surface area contributed by atoms with Crippen LogP contribution in [0.4, 0.5) is 0 Å². The molecule has 0 aliphatic carbocycles. The van der Waals surface area contributed by atoms with Crippen molar-refractivity contribution in [1.29, 1.82) is 0 Å². The molecule has 2 heterocycles. The second-order valence-corrected chi connectivity index (χ2v) is 11.2. The third-order valence-corrected chi connectivity index (χ3v) is 8.66. The fraction of sp³-hybridized carbons (Fsp3) is 0.542. The standard InChI is InChI=1S/C24H32N4O7S/c1-4-18(21(30)22-26-19(5-2)35-27-22)25-23(31)24(3,15-20(29)28-11-13-34-14-12-28)36(32,33)16-17-9-7-6-8-10-17/h6-10,18H,4-5,11-16H2,1-3H3,(H,25,31)/t18-,24?/m0/s1. The van der Waals surface area contributed by atoms with Crippen LogP contribution in [0.25, 0.3) is 0 Å². The van der Waals surface area contributed by atoms with Crippen molar-refractivity contribution in [3.8, 4) is 0 Å². The molecular formula is C24H32N4O7S. The lowest BCUT2D eigenvalue weighted by molar-refractivity contribution is -0.138. The molecule has 2 aromatic rings. The van der Waals surface area contributed by atoms with Gasteiger partial charge in [-0.15, -0.1) is 0 Å². The van der Waals surface area contributed by atoms with E-state index in [0.717, 1.165) is 0 Å². The Morgan fingerprint density at radius 1 is 1.14 bits per heavy atom. The van der Waals surface area contributed by atoms with Crippen molar-refractivity contribution in [2.45, 2.75) is 56.6 Å². The van der Waals surface area contributed by atoms with Crippen molar-refractivity contribution in [2.75, 3.05) is 26.3 Å². The Hall–Kier alpha value is -3.12. The van der Waals surface area contributed by atoms with Gasteiger partial charge in [-0.2, -0.15) is 4.98 Å². The Bertz CT molecular complexity index is 1180. The average molecular weight is 521 g/mol. The predicted molar refractivity (Wildman–Crippen MR) is 130 cm³/mol. The molecule has 1 aromatic heterocycles. The van der Waals surface area contributed by atoms with E-state index in [2.05, 4.69) is 15.5 Å². The van der Waals surface area contributed by atoms with Gasteiger partial charge in [0.05, 0.1) is 31.4 Å². The third kappa shape index (κ3) is 6.16. The van der Waals surface area contributed by atoms with E-state index in [1.807, 2.05) is 0 Å². The number of rotatable bonds is 11. The molecule has 0 radical (unpaired) electrons. The van der Waals surface area contributed by atoms with Gasteiger partial charge in [-0.25, -0.2) is 8.42 Å². The maximum Gasteiger partial charge on any atom is 0.242 e. The summed E-state index contributed by atoms with van der Waals surface area (Å²) in [5, 5.41) is 6.21. The Morgan fingerprint density at radius 2 is 1.81 bits per heavy atom. The van der Waals surface area contributed by atoms with E-state index in [1.54, 1.807) is 44.2 Å². The maximum atomic E-state index is 13.7. The van der Waals surface area contributed by atoms with Gasteiger partial charge in [-0.3, -0.25) is 14.4 Å². The summed E-state index contributed by atoms with van der Waals surface area (Å²) in [5.41, 5.74) is 0.484. The van der Waals surface area contributed by atoms with Crippen LogP contribution in [0.1, 0.15) is 55.7 Å². The molecule has 2 atom stereocenters. The fourth-order valence-electron chi connectivity index (χ4n) is 3.82. The molecule has 1 fully saturated rings. The third-order valence-electron chi connectivity index (χ3n) is 6.24. The first kappa shape index (κ1) is 27.5. The lowest BCUT2D eigenvalue weighted by Gasteiger charge is -2.33. The zero-order chi connectivity index (χ0) is 26.3. The summed E-state index contributed by atoms with van der Waals surface area (Å²) in [5.74, 6) is -2.37. The number of ketones is 1. The fourth-order valence-corrected chi connectivity index (χ4v) is 5.45. The van der Waals surface area contributed by atoms with Crippen LogP contribution in [0.2, 0.25) is 0 Å². The largest absolute Gasteiger partial charge is 0.378 e. The highest BCUT2D eigenvalue weighted by Crippen LogP contribution is 2.28. The Morgan fingerprint density at radius 3 is 2.39 bits per heavy atom. The number of hydrogen-bond acceptors (Lipinski definition) is 9. The number of carbonyl (C=O) groups is 3. The minimum Gasteiger partial charge on any atom is -0.378 e. The molecule has 0 bridgehead atoms. The van der Waals surface area contributed by atoms with Crippen molar-refractivity contribution < 1.29 is 32.1 Å². The number of morpholine rings is 1. The molecule has 0 spiro atoms. The second-order valence-electron chi connectivity index (χ2n) is 8.81. The van der Waals surface area contributed by atoms with Gasteiger partial charge in [0.15, 0.2) is 14.6 Å². The van der Waals surface area contributed by atoms with E-state index in [-0.39, 0.29) is 18.1 Å². The molecule has 1 aliphatic rings. The van der Waals surface area contributed by atoms with Crippen LogP contribution < -0.4 is 5.32 Å². The van der Waals surface area contributed by atoms with Gasteiger partial charge < -0.3 is 19.5 Å². The molecular weight excluding hydrogens is 488 g/mol.